The van der Waals surface area contributed by atoms with E-state index in [-0.39, 0.29) is 23.7 Å². The van der Waals surface area contributed by atoms with E-state index < -0.39 is 0 Å². The minimum Gasteiger partial charge on any atom is -0.342 e. The predicted molar refractivity (Wildman–Crippen MR) is 107 cm³/mol. The number of nitrogens with zero attached hydrogens (tertiary/aromatic N) is 6. The highest BCUT2D eigenvalue weighted by molar-refractivity contribution is 5.78. The average molecular weight is 396 g/mol. The van der Waals surface area contributed by atoms with Gasteiger partial charge in [-0.3, -0.25) is 14.3 Å². The maximum atomic E-state index is 12.9. The third kappa shape index (κ3) is 4.16. The molecule has 2 amide bonds. The van der Waals surface area contributed by atoms with Gasteiger partial charge in [-0.1, -0.05) is 6.92 Å². The Morgan fingerprint density at radius 2 is 2.10 bits per heavy atom. The van der Waals surface area contributed by atoms with Crippen molar-refractivity contribution in [2.45, 2.75) is 52.6 Å². The Morgan fingerprint density at radius 3 is 2.83 bits per heavy atom. The van der Waals surface area contributed by atoms with Crippen molar-refractivity contribution >= 4 is 11.8 Å². The van der Waals surface area contributed by atoms with Crippen LogP contribution in [0.1, 0.15) is 49.0 Å². The molecule has 2 aromatic rings. The van der Waals surface area contributed by atoms with Crippen LogP contribution in [0.15, 0.2) is 18.5 Å². The number of amides is 2. The number of hydrogen-bond donors (Lipinski definition) is 0. The fourth-order valence-electron chi connectivity index (χ4n) is 4.20. The zero-order valence-corrected chi connectivity index (χ0v) is 17.3. The molecule has 2 aliphatic rings. The lowest BCUT2D eigenvalue weighted by molar-refractivity contribution is -0.134. The first-order valence-corrected chi connectivity index (χ1v) is 10.3. The molecule has 0 aliphatic carbocycles. The first-order valence-electron chi connectivity index (χ1n) is 10.3. The lowest BCUT2D eigenvalue weighted by atomic mass is 10.0. The summed E-state index contributed by atoms with van der Waals surface area (Å²) < 4.78 is 1.84. The van der Waals surface area contributed by atoms with E-state index in [1.165, 1.54) is 0 Å². The van der Waals surface area contributed by atoms with Crippen molar-refractivity contribution in [1.82, 2.24) is 29.5 Å². The van der Waals surface area contributed by atoms with Crippen LogP contribution in [0, 0.1) is 12.8 Å². The second kappa shape index (κ2) is 7.93. The Hall–Kier alpha value is -2.77. The summed E-state index contributed by atoms with van der Waals surface area (Å²) in [6, 6.07) is 1.95. The summed E-state index contributed by atoms with van der Waals surface area (Å²) >= 11 is 0. The first kappa shape index (κ1) is 19.5. The maximum Gasteiger partial charge on any atom is 0.227 e. The molecule has 0 N–H and O–H groups in total. The van der Waals surface area contributed by atoms with Crippen molar-refractivity contribution in [3.63, 3.8) is 0 Å². The van der Waals surface area contributed by atoms with E-state index in [0.29, 0.717) is 26.2 Å². The van der Waals surface area contributed by atoms with E-state index >= 15 is 0 Å². The van der Waals surface area contributed by atoms with E-state index in [0.717, 1.165) is 42.2 Å². The summed E-state index contributed by atoms with van der Waals surface area (Å²) in [5.74, 6) is 1.13. The summed E-state index contributed by atoms with van der Waals surface area (Å²) in [7, 11) is 0. The van der Waals surface area contributed by atoms with Crippen molar-refractivity contribution in [2.75, 3.05) is 19.6 Å². The van der Waals surface area contributed by atoms with Crippen molar-refractivity contribution in [1.29, 1.82) is 0 Å². The van der Waals surface area contributed by atoms with Gasteiger partial charge in [0, 0.05) is 63.4 Å². The topological polar surface area (TPSA) is 84.2 Å². The lowest BCUT2D eigenvalue weighted by Crippen LogP contribution is -2.35. The van der Waals surface area contributed by atoms with Gasteiger partial charge in [0.05, 0.1) is 23.9 Å². The highest BCUT2D eigenvalue weighted by Gasteiger charge is 2.32. The van der Waals surface area contributed by atoms with Crippen molar-refractivity contribution in [3.8, 4) is 0 Å². The van der Waals surface area contributed by atoms with Gasteiger partial charge in [0.15, 0.2) is 0 Å². The molecule has 2 atom stereocenters. The van der Waals surface area contributed by atoms with Gasteiger partial charge in [0.1, 0.15) is 5.82 Å². The van der Waals surface area contributed by atoms with E-state index in [1.807, 2.05) is 46.8 Å². The molecule has 1 saturated heterocycles. The number of carbonyl (C=O) groups is 2. The van der Waals surface area contributed by atoms with Crippen LogP contribution in [0.3, 0.4) is 0 Å². The second-order valence-corrected chi connectivity index (χ2v) is 8.24. The molecule has 0 spiro atoms. The summed E-state index contributed by atoms with van der Waals surface area (Å²) in [5, 5.41) is 4.38. The number of fused-ring (bicyclic) bond motifs is 1. The molecule has 4 heterocycles. The molecule has 2 aliphatic heterocycles. The van der Waals surface area contributed by atoms with Gasteiger partial charge < -0.3 is 9.80 Å². The third-order valence-corrected chi connectivity index (χ3v) is 5.92. The number of likely N-dealkylation sites (tertiary alicyclic amines) is 1. The van der Waals surface area contributed by atoms with Crippen molar-refractivity contribution in [3.05, 3.63) is 41.2 Å². The number of carbonyl (C=O) groups excluding carboxylic acids is 2. The first-order chi connectivity index (χ1) is 13.9. The molecule has 8 heteroatoms. The normalized spacial score (nSPS) is 19.9. The van der Waals surface area contributed by atoms with Gasteiger partial charge in [-0.2, -0.15) is 5.10 Å². The van der Waals surface area contributed by atoms with Gasteiger partial charge in [-0.05, 0) is 19.4 Å². The maximum absolute atomic E-state index is 12.9. The number of rotatable bonds is 4. The van der Waals surface area contributed by atoms with E-state index in [4.69, 9.17) is 4.98 Å². The molecule has 8 nitrogen and oxygen atoms in total. The summed E-state index contributed by atoms with van der Waals surface area (Å²) in [5.41, 5.74) is 3.03. The summed E-state index contributed by atoms with van der Waals surface area (Å²) in [4.78, 5) is 37.6. The Bertz CT molecular complexity index is 924. The van der Waals surface area contributed by atoms with E-state index in [9.17, 15) is 9.59 Å². The molecule has 0 unspecified atom stereocenters. The van der Waals surface area contributed by atoms with Crippen molar-refractivity contribution < 1.29 is 9.59 Å². The van der Waals surface area contributed by atoms with Gasteiger partial charge in [0.2, 0.25) is 11.8 Å². The summed E-state index contributed by atoms with van der Waals surface area (Å²) in [6.07, 6.45) is 5.43. The van der Waals surface area contributed by atoms with Crippen LogP contribution in [-0.2, 0) is 29.1 Å². The quantitative estimate of drug-likeness (QED) is 0.783. The average Bonchev–Trinajstić information content (AvgIpc) is 3.35. The minimum atomic E-state index is -0.116. The number of aromatic nitrogens is 4. The molecular weight excluding hydrogens is 368 g/mol. The van der Waals surface area contributed by atoms with Crippen LogP contribution in [0.25, 0.3) is 0 Å². The lowest BCUT2D eigenvalue weighted by Gasteiger charge is -2.27. The van der Waals surface area contributed by atoms with E-state index in [1.54, 1.807) is 6.92 Å². The predicted octanol–water partition coefficient (Wildman–Crippen LogP) is 1.54. The molecule has 1 fully saturated rings. The number of aryl methyl sites for hydroxylation is 1. The molecule has 0 saturated carbocycles. The van der Waals surface area contributed by atoms with Crippen LogP contribution in [0.4, 0.5) is 0 Å². The zero-order valence-electron chi connectivity index (χ0n) is 17.3. The molecule has 0 aromatic carbocycles. The zero-order chi connectivity index (χ0) is 20.5. The second-order valence-electron chi connectivity index (χ2n) is 8.24. The SMILES string of the molecule is CC(=O)N1CCc2nc([C@@H]3CCN(C(=O)[C@@H](C)Cn4ccc(C)n4)C3)ncc2C1. The Morgan fingerprint density at radius 1 is 1.28 bits per heavy atom. The Balaban J connectivity index is 1.38. The third-order valence-electron chi connectivity index (χ3n) is 5.92. The molecule has 0 radical (unpaired) electrons. The van der Waals surface area contributed by atoms with Crippen LogP contribution in [0.2, 0.25) is 0 Å². The van der Waals surface area contributed by atoms with E-state index in [2.05, 4.69) is 10.1 Å². The standard InChI is InChI=1S/C21H28N6O2/c1-14(11-27-9-4-15(2)24-27)21(29)26-7-5-17(12-26)20-22-10-18-13-25(16(3)28)8-6-19(18)23-20/h4,9-10,14,17H,5-8,11-13H2,1-3H3/t14-,17+/m0/s1. The Kier molecular flexibility index (Phi) is 5.34. The molecule has 4 rings (SSSR count). The largest absolute Gasteiger partial charge is 0.342 e. The van der Waals surface area contributed by atoms with Crippen LogP contribution < -0.4 is 0 Å². The van der Waals surface area contributed by atoms with Crippen molar-refractivity contribution in [2.24, 2.45) is 5.92 Å². The number of hydrogen-bond acceptors (Lipinski definition) is 5. The molecule has 2 aromatic heterocycles. The highest BCUT2D eigenvalue weighted by Crippen LogP contribution is 2.27. The highest BCUT2D eigenvalue weighted by atomic mass is 16.2. The smallest absolute Gasteiger partial charge is 0.227 e. The van der Waals surface area contributed by atoms with Crippen LogP contribution in [-0.4, -0.2) is 61.0 Å². The molecule has 29 heavy (non-hydrogen) atoms. The fourth-order valence-corrected chi connectivity index (χ4v) is 4.20. The molecule has 0 bridgehead atoms. The van der Waals surface area contributed by atoms with Gasteiger partial charge in [0.25, 0.3) is 0 Å². The molecular formula is C21H28N6O2. The van der Waals surface area contributed by atoms with Gasteiger partial charge in [-0.15, -0.1) is 0 Å². The van der Waals surface area contributed by atoms with Crippen LogP contribution in [0.5, 0.6) is 0 Å². The fraction of sp³-hybridized carbons (Fsp3) is 0.571. The Labute approximate surface area is 170 Å². The summed E-state index contributed by atoms with van der Waals surface area (Å²) in [6.45, 7) is 8.80. The van der Waals surface area contributed by atoms with Gasteiger partial charge in [-0.25, -0.2) is 9.97 Å². The van der Waals surface area contributed by atoms with Gasteiger partial charge >= 0.3 is 0 Å². The monoisotopic (exact) mass is 396 g/mol. The van der Waals surface area contributed by atoms with Crippen LogP contribution >= 0.6 is 0 Å². The minimum absolute atomic E-state index is 0.0871. The molecule has 154 valence electrons.